The minimum Gasteiger partial charge on any atom is -0.396 e. The van der Waals surface area contributed by atoms with Gasteiger partial charge in [-0.1, -0.05) is 6.92 Å². The Balaban J connectivity index is 3.03. The minimum atomic E-state index is -1.67. The Labute approximate surface area is 93.7 Å². The molecule has 1 rings (SSSR count). The van der Waals surface area contributed by atoms with E-state index in [0.717, 1.165) is 0 Å². The van der Waals surface area contributed by atoms with Crippen molar-refractivity contribution < 1.29 is 22.7 Å². The van der Waals surface area contributed by atoms with Crippen LogP contribution in [0.25, 0.3) is 0 Å². The van der Waals surface area contributed by atoms with Gasteiger partial charge in [0.1, 0.15) is 0 Å². The van der Waals surface area contributed by atoms with Crippen molar-refractivity contribution in [1.29, 1.82) is 0 Å². The van der Waals surface area contributed by atoms with Crippen LogP contribution in [0.4, 0.5) is 17.6 Å². The van der Waals surface area contributed by atoms with Crippen LogP contribution in [0.3, 0.4) is 0 Å². The third kappa shape index (κ3) is 2.85. The molecule has 7 heteroatoms. The molecule has 0 aromatic carbocycles. The molecular formula is C9H9F4NOS. The molecular weight excluding hydrogens is 246 g/mol. The average molecular weight is 255 g/mol. The quantitative estimate of drug-likeness (QED) is 0.510. The van der Waals surface area contributed by atoms with Gasteiger partial charge in [0, 0.05) is 11.9 Å². The number of pyridine rings is 1. The van der Waals surface area contributed by atoms with Crippen molar-refractivity contribution in [3.05, 3.63) is 23.5 Å². The van der Waals surface area contributed by atoms with Crippen LogP contribution in [-0.4, -0.2) is 21.9 Å². The third-order valence-electron chi connectivity index (χ3n) is 1.81. The Morgan fingerprint density at radius 3 is 2.12 bits per heavy atom. The fourth-order valence-electron chi connectivity index (χ4n) is 1.01. The first-order valence-corrected chi connectivity index (χ1v) is 5.32. The molecule has 90 valence electrons. The number of aliphatic hydroxyl groups is 1. The number of rotatable bonds is 4. The molecule has 0 bridgehead atoms. The standard InChI is InChI=1S/C9H9F4NOS/c1-4(2-3-15)16-7-5(10)8(12)14-9(13)6(7)11/h4,15H,2-3H2,1H3. The van der Waals surface area contributed by atoms with E-state index in [4.69, 9.17) is 5.11 Å². The fraction of sp³-hybridized carbons (Fsp3) is 0.444. The number of hydrogen-bond donors (Lipinski definition) is 1. The number of hydrogen-bond acceptors (Lipinski definition) is 3. The molecule has 16 heavy (non-hydrogen) atoms. The maximum atomic E-state index is 13.1. The van der Waals surface area contributed by atoms with Gasteiger partial charge in [-0.05, 0) is 6.42 Å². The van der Waals surface area contributed by atoms with Gasteiger partial charge in [0.25, 0.3) is 11.9 Å². The van der Waals surface area contributed by atoms with E-state index in [9.17, 15) is 17.6 Å². The lowest BCUT2D eigenvalue weighted by molar-refractivity contribution is 0.288. The highest BCUT2D eigenvalue weighted by Gasteiger charge is 2.22. The largest absolute Gasteiger partial charge is 0.396 e. The zero-order valence-electron chi connectivity index (χ0n) is 8.31. The molecule has 0 amide bonds. The summed E-state index contributed by atoms with van der Waals surface area (Å²) in [6.07, 6.45) is 0.259. The van der Waals surface area contributed by atoms with Gasteiger partial charge >= 0.3 is 0 Å². The molecule has 0 aliphatic carbocycles. The molecule has 0 saturated carbocycles. The summed E-state index contributed by atoms with van der Waals surface area (Å²) < 4.78 is 51.6. The lowest BCUT2D eigenvalue weighted by Gasteiger charge is -2.11. The van der Waals surface area contributed by atoms with E-state index in [1.165, 1.54) is 0 Å². The first-order chi connectivity index (χ1) is 7.47. The molecule has 0 radical (unpaired) electrons. The van der Waals surface area contributed by atoms with Crippen LogP contribution in [-0.2, 0) is 0 Å². The second-order valence-corrected chi connectivity index (χ2v) is 4.54. The number of nitrogens with zero attached hydrogens (tertiary/aromatic N) is 1. The van der Waals surface area contributed by atoms with E-state index < -0.39 is 28.4 Å². The first-order valence-electron chi connectivity index (χ1n) is 4.44. The Morgan fingerprint density at radius 1 is 1.19 bits per heavy atom. The van der Waals surface area contributed by atoms with Crippen LogP contribution in [0, 0.1) is 23.5 Å². The van der Waals surface area contributed by atoms with Crippen LogP contribution in [0.2, 0.25) is 0 Å². The van der Waals surface area contributed by atoms with E-state index in [1.54, 1.807) is 6.92 Å². The molecule has 0 spiro atoms. The summed E-state index contributed by atoms with van der Waals surface area (Å²) in [5.41, 5.74) is 0. The van der Waals surface area contributed by atoms with Crippen molar-refractivity contribution >= 4 is 11.8 Å². The number of aliphatic hydroxyl groups excluding tert-OH is 1. The molecule has 1 heterocycles. The van der Waals surface area contributed by atoms with Gasteiger partial charge in [-0.25, -0.2) is 8.78 Å². The number of halogens is 4. The summed E-state index contributed by atoms with van der Waals surface area (Å²) in [6, 6.07) is 0. The van der Waals surface area contributed by atoms with E-state index in [2.05, 4.69) is 4.98 Å². The van der Waals surface area contributed by atoms with Gasteiger partial charge in [0.15, 0.2) is 11.6 Å². The Morgan fingerprint density at radius 2 is 1.69 bits per heavy atom. The second-order valence-electron chi connectivity index (χ2n) is 3.09. The predicted octanol–water partition coefficient (Wildman–Crippen LogP) is 2.50. The first kappa shape index (κ1) is 13.2. The summed E-state index contributed by atoms with van der Waals surface area (Å²) in [6.45, 7) is 1.41. The molecule has 1 atom stereocenters. The summed E-state index contributed by atoms with van der Waals surface area (Å²) in [7, 11) is 0. The lowest BCUT2D eigenvalue weighted by Crippen LogP contribution is -2.06. The molecule has 0 saturated heterocycles. The number of aromatic nitrogens is 1. The maximum absolute atomic E-state index is 13.1. The fourth-order valence-corrected chi connectivity index (χ4v) is 2.01. The van der Waals surface area contributed by atoms with E-state index in [1.807, 2.05) is 0 Å². The normalized spacial score (nSPS) is 12.9. The van der Waals surface area contributed by atoms with Gasteiger partial charge in [-0.15, -0.1) is 11.8 Å². The highest BCUT2D eigenvalue weighted by molar-refractivity contribution is 8.00. The van der Waals surface area contributed by atoms with E-state index in [-0.39, 0.29) is 18.3 Å². The van der Waals surface area contributed by atoms with Gasteiger partial charge in [-0.3, -0.25) is 0 Å². The van der Waals surface area contributed by atoms with Gasteiger partial charge in [0.05, 0.1) is 4.90 Å². The van der Waals surface area contributed by atoms with Crippen molar-refractivity contribution in [2.45, 2.75) is 23.5 Å². The van der Waals surface area contributed by atoms with Crippen LogP contribution < -0.4 is 0 Å². The monoisotopic (exact) mass is 255 g/mol. The van der Waals surface area contributed by atoms with Crippen molar-refractivity contribution in [2.75, 3.05) is 6.61 Å². The highest BCUT2D eigenvalue weighted by atomic mass is 32.2. The van der Waals surface area contributed by atoms with Crippen molar-refractivity contribution in [3.63, 3.8) is 0 Å². The van der Waals surface area contributed by atoms with Crippen LogP contribution >= 0.6 is 11.8 Å². The summed E-state index contributed by atoms with van der Waals surface area (Å²) in [5.74, 6) is -6.35. The molecule has 0 aliphatic heterocycles. The summed E-state index contributed by atoms with van der Waals surface area (Å²) in [4.78, 5) is 1.70. The Kier molecular flexibility index (Phi) is 4.55. The Bertz CT molecular complexity index is 362. The second kappa shape index (κ2) is 5.49. The van der Waals surface area contributed by atoms with Crippen molar-refractivity contribution in [2.24, 2.45) is 0 Å². The molecule has 1 aromatic heterocycles. The highest BCUT2D eigenvalue weighted by Crippen LogP contribution is 2.31. The Hall–Kier alpha value is -0.820. The van der Waals surface area contributed by atoms with Crippen LogP contribution in [0.1, 0.15) is 13.3 Å². The molecule has 0 fully saturated rings. The molecule has 2 nitrogen and oxygen atoms in total. The van der Waals surface area contributed by atoms with Crippen LogP contribution in [0.5, 0.6) is 0 Å². The topological polar surface area (TPSA) is 33.1 Å². The predicted molar refractivity (Wildman–Crippen MR) is 51.1 cm³/mol. The number of thioether (sulfide) groups is 1. The zero-order valence-corrected chi connectivity index (χ0v) is 9.12. The van der Waals surface area contributed by atoms with Gasteiger partial charge in [-0.2, -0.15) is 13.8 Å². The van der Waals surface area contributed by atoms with E-state index >= 15 is 0 Å². The third-order valence-corrected chi connectivity index (χ3v) is 3.04. The van der Waals surface area contributed by atoms with Crippen molar-refractivity contribution in [1.82, 2.24) is 4.98 Å². The van der Waals surface area contributed by atoms with Gasteiger partial charge in [0.2, 0.25) is 0 Å². The van der Waals surface area contributed by atoms with Crippen molar-refractivity contribution in [3.8, 4) is 0 Å². The smallest absolute Gasteiger partial charge is 0.252 e. The summed E-state index contributed by atoms with van der Waals surface area (Å²) in [5, 5.41) is 8.24. The molecule has 1 aromatic rings. The van der Waals surface area contributed by atoms with Crippen LogP contribution in [0.15, 0.2) is 4.90 Å². The summed E-state index contributed by atoms with van der Waals surface area (Å²) >= 11 is 0.620. The SMILES string of the molecule is CC(CCO)Sc1c(F)c(F)nc(F)c1F. The molecule has 0 aliphatic rings. The maximum Gasteiger partial charge on any atom is 0.252 e. The minimum absolute atomic E-state index is 0.173. The molecule has 1 unspecified atom stereocenters. The molecule has 1 N–H and O–H groups in total. The lowest BCUT2D eigenvalue weighted by atomic mass is 10.3. The van der Waals surface area contributed by atoms with E-state index in [0.29, 0.717) is 11.8 Å². The zero-order chi connectivity index (χ0) is 12.3. The average Bonchev–Trinajstić information content (AvgIpc) is 2.22. The van der Waals surface area contributed by atoms with Gasteiger partial charge < -0.3 is 5.11 Å².